The van der Waals surface area contributed by atoms with Crippen LogP contribution in [0.2, 0.25) is 0 Å². The minimum atomic E-state index is -0.627. The van der Waals surface area contributed by atoms with Crippen molar-refractivity contribution in [3.63, 3.8) is 0 Å². The van der Waals surface area contributed by atoms with Gasteiger partial charge in [-0.3, -0.25) is 19.8 Å². The number of hydrogen-bond donors (Lipinski definition) is 0. The number of furan rings is 1. The lowest BCUT2D eigenvalue weighted by atomic mass is 10.2. The van der Waals surface area contributed by atoms with Gasteiger partial charge in [0, 0.05) is 6.08 Å². The van der Waals surface area contributed by atoms with Crippen LogP contribution in [0.1, 0.15) is 11.3 Å². The molecule has 1 amide bonds. The van der Waals surface area contributed by atoms with Crippen LogP contribution in [-0.2, 0) is 11.3 Å². The highest BCUT2D eigenvalue weighted by Crippen LogP contribution is 2.34. The summed E-state index contributed by atoms with van der Waals surface area (Å²) in [7, 11) is 0. The molecule has 6 nitrogen and oxygen atoms in total. The van der Waals surface area contributed by atoms with Crippen LogP contribution in [0.15, 0.2) is 51.8 Å². The largest absolute Gasteiger partial charge is 0.433 e. The third-order valence-electron chi connectivity index (χ3n) is 3.12. The summed E-state index contributed by atoms with van der Waals surface area (Å²) in [6, 6.07) is 12.2. The van der Waals surface area contributed by atoms with Gasteiger partial charge in [-0.25, -0.2) is 0 Å². The number of carbonyl (C=O) groups excluding carboxylic acids is 1. The molecule has 2 aromatic rings. The van der Waals surface area contributed by atoms with Gasteiger partial charge in [-0.15, -0.1) is 0 Å². The highest BCUT2D eigenvalue weighted by atomic mass is 32.2. The number of hydrogen-bond acceptors (Lipinski definition) is 6. The van der Waals surface area contributed by atoms with Gasteiger partial charge in [-0.2, -0.15) is 0 Å². The summed E-state index contributed by atoms with van der Waals surface area (Å²) < 4.78 is 5.49. The van der Waals surface area contributed by atoms with Gasteiger partial charge in [0.25, 0.3) is 5.91 Å². The van der Waals surface area contributed by atoms with Crippen LogP contribution in [0, 0.1) is 10.1 Å². The van der Waals surface area contributed by atoms with E-state index in [9.17, 15) is 14.9 Å². The second-order valence-corrected chi connectivity index (χ2v) is 6.36. The number of thioether (sulfide) groups is 1. The molecule has 1 saturated heterocycles. The zero-order valence-corrected chi connectivity index (χ0v) is 13.3. The molecule has 1 aliphatic heterocycles. The van der Waals surface area contributed by atoms with E-state index in [0.717, 1.165) is 17.3 Å². The number of nitro groups is 1. The first-order valence-corrected chi connectivity index (χ1v) is 7.80. The number of rotatable bonds is 4. The molecule has 0 atom stereocenters. The van der Waals surface area contributed by atoms with Crippen molar-refractivity contribution in [1.29, 1.82) is 0 Å². The smallest absolute Gasteiger partial charge is 0.401 e. The second kappa shape index (κ2) is 6.35. The second-order valence-electron chi connectivity index (χ2n) is 4.69. The molecule has 2 heterocycles. The lowest BCUT2D eigenvalue weighted by Crippen LogP contribution is -2.27. The molecule has 3 rings (SSSR count). The number of amides is 1. The first kappa shape index (κ1) is 15.4. The summed E-state index contributed by atoms with van der Waals surface area (Å²) >= 11 is 6.40. The van der Waals surface area contributed by atoms with Gasteiger partial charge in [-0.1, -0.05) is 54.3 Å². The molecule has 0 aliphatic carbocycles. The summed E-state index contributed by atoms with van der Waals surface area (Å²) in [4.78, 5) is 24.3. The van der Waals surface area contributed by atoms with Crippen molar-refractivity contribution in [1.82, 2.24) is 4.90 Å². The van der Waals surface area contributed by atoms with E-state index in [2.05, 4.69) is 0 Å². The molecule has 0 saturated carbocycles. The SMILES string of the molecule is O=C1/C(=C\c2ccc([N+](=O)[O-])o2)SC(=S)N1Cc1ccccc1. The molecule has 0 bridgehead atoms. The average Bonchev–Trinajstić information content (AvgIpc) is 3.10. The van der Waals surface area contributed by atoms with Crippen molar-refractivity contribution in [2.45, 2.75) is 6.54 Å². The maximum atomic E-state index is 12.4. The van der Waals surface area contributed by atoms with E-state index in [-0.39, 0.29) is 17.6 Å². The van der Waals surface area contributed by atoms with Gasteiger partial charge in [-0.05, 0) is 11.6 Å². The van der Waals surface area contributed by atoms with E-state index in [0.29, 0.717) is 15.8 Å². The molecule has 1 aromatic carbocycles. The fourth-order valence-corrected chi connectivity index (χ4v) is 3.28. The van der Waals surface area contributed by atoms with Gasteiger partial charge >= 0.3 is 5.88 Å². The maximum absolute atomic E-state index is 12.4. The van der Waals surface area contributed by atoms with Crippen LogP contribution in [0.3, 0.4) is 0 Å². The topological polar surface area (TPSA) is 76.6 Å². The molecule has 0 unspecified atom stereocenters. The Hall–Kier alpha value is -2.45. The van der Waals surface area contributed by atoms with E-state index < -0.39 is 4.92 Å². The highest BCUT2D eigenvalue weighted by Gasteiger charge is 2.32. The van der Waals surface area contributed by atoms with Crippen LogP contribution < -0.4 is 0 Å². The van der Waals surface area contributed by atoms with Crippen molar-refractivity contribution in [2.24, 2.45) is 0 Å². The Morgan fingerprint density at radius 3 is 2.65 bits per heavy atom. The van der Waals surface area contributed by atoms with Crippen molar-refractivity contribution >= 4 is 46.2 Å². The van der Waals surface area contributed by atoms with Crippen molar-refractivity contribution in [3.8, 4) is 0 Å². The first-order valence-electron chi connectivity index (χ1n) is 6.58. The Labute approximate surface area is 140 Å². The zero-order valence-electron chi connectivity index (χ0n) is 11.7. The normalized spacial score (nSPS) is 16.3. The Balaban J connectivity index is 1.80. The lowest BCUT2D eigenvalue weighted by molar-refractivity contribution is -0.402. The predicted molar refractivity (Wildman–Crippen MR) is 90.5 cm³/mol. The van der Waals surface area contributed by atoms with E-state index in [1.165, 1.54) is 23.1 Å². The molecule has 1 aliphatic rings. The minimum Gasteiger partial charge on any atom is -0.401 e. The molecule has 0 radical (unpaired) electrons. The lowest BCUT2D eigenvalue weighted by Gasteiger charge is -2.14. The highest BCUT2D eigenvalue weighted by molar-refractivity contribution is 8.26. The molecular formula is C15H10N2O4S2. The molecule has 8 heteroatoms. The number of thiocarbonyl (C=S) groups is 1. The van der Waals surface area contributed by atoms with E-state index in [1.807, 2.05) is 30.3 Å². The van der Waals surface area contributed by atoms with Crippen LogP contribution in [0.25, 0.3) is 6.08 Å². The summed E-state index contributed by atoms with van der Waals surface area (Å²) in [5.74, 6) is -0.351. The fraction of sp³-hybridized carbons (Fsp3) is 0.0667. The first-order chi connectivity index (χ1) is 11.0. The van der Waals surface area contributed by atoms with Gasteiger partial charge in [0.1, 0.15) is 15.0 Å². The molecule has 0 N–H and O–H groups in total. The fourth-order valence-electron chi connectivity index (χ4n) is 2.05. The van der Waals surface area contributed by atoms with Crippen LogP contribution in [0.5, 0.6) is 0 Å². The van der Waals surface area contributed by atoms with Gasteiger partial charge in [0.2, 0.25) is 0 Å². The Bertz CT molecular complexity index is 814. The maximum Gasteiger partial charge on any atom is 0.433 e. The molecule has 116 valence electrons. The van der Waals surface area contributed by atoms with Gasteiger partial charge < -0.3 is 4.42 Å². The molecule has 1 aromatic heterocycles. The third-order valence-corrected chi connectivity index (χ3v) is 4.50. The van der Waals surface area contributed by atoms with Crippen LogP contribution >= 0.6 is 24.0 Å². The minimum absolute atomic E-state index is 0.233. The molecular weight excluding hydrogens is 336 g/mol. The zero-order chi connectivity index (χ0) is 16.4. The Morgan fingerprint density at radius 2 is 2.00 bits per heavy atom. The van der Waals surface area contributed by atoms with E-state index in [1.54, 1.807) is 0 Å². The predicted octanol–water partition coefficient (Wildman–Crippen LogP) is 3.59. The standard InChI is InChI=1S/C15H10N2O4S2/c18-14-12(8-11-6-7-13(21-11)17(19)20)23-15(22)16(14)9-10-4-2-1-3-5-10/h1-8H,9H2/b12-8+. The molecule has 1 fully saturated rings. The summed E-state index contributed by atoms with van der Waals surface area (Å²) in [6.45, 7) is 0.390. The summed E-state index contributed by atoms with van der Waals surface area (Å²) in [5, 5.41) is 10.6. The van der Waals surface area contributed by atoms with Gasteiger partial charge in [0.05, 0.1) is 17.5 Å². The molecule has 23 heavy (non-hydrogen) atoms. The average molecular weight is 346 g/mol. The molecule has 0 spiro atoms. The number of carbonyl (C=O) groups is 1. The Morgan fingerprint density at radius 1 is 1.26 bits per heavy atom. The summed E-state index contributed by atoms with van der Waals surface area (Å²) in [5.41, 5.74) is 0.971. The van der Waals surface area contributed by atoms with Crippen LogP contribution in [-0.4, -0.2) is 20.1 Å². The van der Waals surface area contributed by atoms with E-state index >= 15 is 0 Å². The third kappa shape index (κ3) is 3.33. The summed E-state index contributed by atoms with van der Waals surface area (Å²) in [6.07, 6.45) is 1.47. The monoisotopic (exact) mass is 346 g/mol. The van der Waals surface area contributed by atoms with Crippen molar-refractivity contribution < 1.29 is 14.1 Å². The van der Waals surface area contributed by atoms with Gasteiger partial charge in [0.15, 0.2) is 0 Å². The van der Waals surface area contributed by atoms with Crippen molar-refractivity contribution in [2.75, 3.05) is 0 Å². The van der Waals surface area contributed by atoms with E-state index in [4.69, 9.17) is 16.6 Å². The Kier molecular flexibility index (Phi) is 4.26. The van der Waals surface area contributed by atoms with Crippen LogP contribution in [0.4, 0.5) is 5.88 Å². The number of nitrogens with zero attached hydrogens (tertiary/aromatic N) is 2. The quantitative estimate of drug-likeness (QED) is 0.364. The number of benzene rings is 1. The van der Waals surface area contributed by atoms with Crippen molar-refractivity contribution in [3.05, 3.63) is 68.8 Å².